The van der Waals surface area contributed by atoms with Crippen molar-refractivity contribution in [2.45, 2.75) is 32.5 Å². The molecule has 3 aromatic carbocycles. The summed E-state index contributed by atoms with van der Waals surface area (Å²) in [6.45, 7) is 4.62. The van der Waals surface area contributed by atoms with Crippen LogP contribution in [-0.2, 0) is 13.1 Å². The highest BCUT2D eigenvalue weighted by atomic mass is 35.5. The van der Waals surface area contributed by atoms with E-state index in [-0.39, 0.29) is 17.9 Å². The van der Waals surface area contributed by atoms with Gasteiger partial charge in [-0.3, -0.25) is 4.79 Å². The molecule has 9 heteroatoms. The molecule has 9 rings (SSSR count). The lowest BCUT2D eigenvalue weighted by Gasteiger charge is -2.39. The first-order chi connectivity index (χ1) is 24.4. The van der Waals surface area contributed by atoms with Crippen LogP contribution in [0.1, 0.15) is 57.8 Å². The molecule has 2 atom stereocenters. The maximum atomic E-state index is 14.8. The summed E-state index contributed by atoms with van der Waals surface area (Å²) in [6, 6.07) is 30.3. The van der Waals surface area contributed by atoms with Crippen LogP contribution in [-0.4, -0.2) is 31.9 Å². The summed E-state index contributed by atoms with van der Waals surface area (Å²) in [5.74, 6) is 0.692. The lowest BCUT2D eigenvalue weighted by atomic mass is 9.82. The van der Waals surface area contributed by atoms with Gasteiger partial charge in [0, 0.05) is 63.9 Å². The molecule has 1 amide bonds. The van der Waals surface area contributed by atoms with Crippen LogP contribution in [0.2, 0.25) is 10.0 Å². The van der Waals surface area contributed by atoms with Gasteiger partial charge in [-0.1, -0.05) is 78.7 Å². The topological polar surface area (TPSA) is 69.2 Å². The Hall–Kier alpha value is -5.24. The van der Waals surface area contributed by atoms with Crippen molar-refractivity contribution in [2.75, 3.05) is 16.8 Å². The third-order valence-corrected chi connectivity index (χ3v) is 10.7. The minimum absolute atomic E-state index is 0.178. The van der Waals surface area contributed by atoms with Gasteiger partial charge >= 0.3 is 0 Å². The molecule has 0 bridgehead atoms. The number of hydrogen-bond donors (Lipinski definition) is 2. The molecule has 50 heavy (non-hydrogen) atoms. The monoisotopic (exact) mass is 696 g/mol. The Bertz CT molecular complexity index is 2340. The predicted molar refractivity (Wildman–Crippen MR) is 202 cm³/mol. The fraction of sp³-hybridized carbons (Fsp3) is 0.171. The van der Waals surface area contributed by atoms with E-state index in [9.17, 15) is 4.79 Å². The normalized spacial score (nSPS) is 18.2. The van der Waals surface area contributed by atoms with Gasteiger partial charge in [-0.2, -0.15) is 0 Å². The molecule has 3 aromatic heterocycles. The summed E-state index contributed by atoms with van der Waals surface area (Å²) in [6.07, 6.45) is 9.15. The number of amides is 1. The van der Waals surface area contributed by atoms with Gasteiger partial charge in [0.2, 0.25) is 0 Å². The van der Waals surface area contributed by atoms with Gasteiger partial charge in [-0.25, -0.2) is 4.98 Å². The van der Waals surface area contributed by atoms with Gasteiger partial charge in [0.1, 0.15) is 5.69 Å². The van der Waals surface area contributed by atoms with Crippen molar-refractivity contribution in [3.05, 3.63) is 159 Å². The average Bonchev–Trinajstić information content (AvgIpc) is 3.71. The van der Waals surface area contributed by atoms with Crippen molar-refractivity contribution < 1.29 is 4.79 Å². The van der Waals surface area contributed by atoms with Gasteiger partial charge < -0.3 is 24.7 Å². The van der Waals surface area contributed by atoms with Crippen molar-refractivity contribution >= 4 is 62.8 Å². The third-order valence-electron chi connectivity index (χ3n) is 10.2. The Morgan fingerprint density at radius 3 is 2.62 bits per heavy atom. The van der Waals surface area contributed by atoms with Gasteiger partial charge in [0.15, 0.2) is 5.82 Å². The van der Waals surface area contributed by atoms with E-state index < -0.39 is 0 Å². The van der Waals surface area contributed by atoms with Gasteiger partial charge in [0.05, 0.1) is 24.0 Å². The second kappa shape index (κ2) is 12.3. The van der Waals surface area contributed by atoms with E-state index in [1.54, 1.807) is 6.20 Å². The first-order valence-electron chi connectivity index (χ1n) is 17.0. The zero-order valence-electron chi connectivity index (χ0n) is 27.4. The molecule has 0 aliphatic carbocycles. The summed E-state index contributed by atoms with van der Waals surface area (Å²) < 4.78 is 2.26. The summed E-state index contributed by atoms with van der Waals surface area (Å²) in [4.78, 5) is 27.6. The van der Waals surface area contributed by atoms with E-state index in [0.29, 0.717) is 28.0 Å². The number of H-pyrrole nitrogens is 1. The molecule has 6 heterocycles. The van der Waals surface area contributed by atoms with E-state index in [1.807, 2.05) is 42.5 Å². The lowest BCUT2D eigenvalue weighted by Crippen LogP contribution is -2.34. The maximum Gasteiger partial charge on any atom is 0.272 e. The van der Waals surface area contributed by atoms with Crippen LogP contribution in [0.4, 0.5) is 11.5 Å². The summed E-state index contributed by atoms with van der Waals surface area (Å²) in [7, 11) is 0. The number of nitrogens with zero attached hydrogens (tertiary/aromatic N) is 4. The lowest BCUT2D eigenvalue weighted by molar-refractivity contribution is 0.102. The van der Waals surface area contributed by atoms with E-state index in [1.165, 1.54) is 11.3 Å². The molecule has 0 saturated carbocycles. The first kappa shape index (κ1) is 30.8. The average molecular weight is 698 g/mol. The van der Waals surface area contributed by atoms with Crippen molar-refractivity contribution in [3.8, 4) is 0 Å². The first-order valence-corrected chi connectivity index (χ1v) is 17.7. The number of pyridine rings is 1. The molecular formula is C41H34Cl2N6O. The Labute approximate surface area is 300 Å². The summed E-state index contributed by atoms with van der Waals surface area (Å²) in [5.41, 5.74) is 9.46. The minimum Gasteiger partial charge on any atom is -0.350 e. The molecule has 6 aromatic rings. The number of hydrogen-bond acceptors (Lipinski definition) is 4. The second-order valence-electron chi connectivity index (χ2n) is 13.2. The molecule has 0 saturated heterocycles. The van der Waals surface area contributed by atoms with Crippen molar-refractivity contribution in [2.24, 2.45) is 5.92 Å². The highest BCUT2D eigenvalue weighted by molar-refractivity contribution is 6.32. The van der Waals surface area contributed by atoms with Crippen molar-refractivity contribution in [1.29, 1.82) is 0 Å². The van der Waals surface area contributed by atoms with Crippen LogP contribution in [0, 0.1) is 5.92 Å². The summed E-state index contributed by atoms with van der Waals surface area (Å²) >= 11 is 13.2. The Kier molecular flexibility index (Phi) is 7.55. The number of benzene rings is 3. The largest absolute Gasteiger partial charge is 0.350 e. The van der Waals surface area contributed by atoms with E-state index in [0.717, 1.165) is 64.2 Å². The number of allylic oxidation sites excluding steroid dienone is 2. The molecular weight excluding hydrogens is 663 g/mol. The fourth-order valence-electron chi connectivity index (χ4n) is 7.97. The third kappa shape index (κ3) is 5.11. The molecule has 7 nitrogen and oxygen atoms in total. The van der Waals surface area contributed by atoms with Gasteiger partial charge in [-0.05, 0) is 83.1 Å². The minimum atomic E-state index is -0.237. The number of aromatic nitrogens is 3. The number of carbonyl (C=O) groups excluding carboxylic acids is 1. The van der Waals surface area contributed by atoms with Crippen molar-refractivity contribution in [3.63, 3.8) is 0 Å². The molecule has 0 spiro atoms. The Balaban J connectivity index is 1.25. The molecule has 3 aliphatic heterocycles. The second-order valence-corrected chi connectivity index (χ2v) is 14.1. The van der Waals surface area contributed by atoms with Crippen LogP contribution in [0.3, 0.4) is 0 Å². The van der Waals surface area contributed by atoms with E-state index >= 15 is 0 Å². The molecule has 0 fully saturated rings. The Morgan fingerprint density at radius 2 is 1.78 bits per heavy atom. The molecule has 2 unspecified atom stereocenters. The molecule has 248 valence electrons. The number of carbonyl (C=O) groups is 1. The number of anilines is 2. The SMILES string of the molecule is CC1CC=CN2C(=C1c1ccccc1)c1c(C(=O)Nc3cccnc3N3CCn4cccc4C3)[nH]c3cc(Cl)cc(c13)C2c1ccc(Cl)cc1. The fourth-order valence-corrected chi connectivity index (χ4v) is 8.33. The van der Waals surface area contributed by atoms with Crippen LogP contribution in [0.25, 0.3) is 22.2 Å². The van der Waals surface area contributed by atoms with Crippen LogP contribution in [0.15, 0.2) is 116 Å². The number of rotatable bonds is 5. The summed E-state index contributed by atoms with van der Waals surface area (Å²) in [5, 5.41) is 5.54. The maximum absolute atomic E-state index is 14.8. The highest BCUT2D eigenvalue weighted by Gasteiger charge is 2.40. The number of aromatic amines is 1. The molecule has 0 radical (unpaired) electrons. The quantitative estimate of drug-likeness (QED) is 0.188. The van der Waals surface area contributed by atoms with Crippen LogP contribution >= 0.6 is 23.2 Å². The standard InChI is InChI=1S/C41H34Cl2N6O/c1-25-8-6-19-49-38(27-13-15-28(42)16-14-27)31-22-29(43)23-33-35(31)36(39(49)34(25)26-9-3-2-4-10-26)37(45-33)41(50)46-32-12-5-17-44-40(32)48-21-20-47-18-7-11-30(47)24-48/h2-7,9-19,22-23,25,38,45H,8,20-21,24H2,1H3,(H,46,50). The zero-order chi connectivity index (χ0) is 33.9. The molecule has 3 aliphatic rings. The van der Waals surface area contributed by atoms with Crippen LogP contribution in [0.5, 0.6) is 0 Å². The molecule has 2 N–H and O–H groups in total. The van der Waals surface area contributed by atoms with Gasteiger partial charge in [0.25, 0.3) is 5.91 Å². The number of nitrogens with one attached hydrogen (secondary N) is 2. The van der Waals surface area contributed by atoms with Crippen LogP contribution < -0.4 is 10.2 Å². The predicted octanol–water partition coefficient (Wildman–Crippen LogP) is 9.77. The van der Waals surface area contributed by atoms with Crippen molar-refractivity contribution in [1.82, 2.24) is 19.4 Å². The highest BCUT2D eigenvalue weighted by Crippen LogP contribution is 2.53. The number of fused-ring (bicyclic) bond motifs is 3. The number of halogens is 2. The van der Waals surface area contributed by atoms with E-state index in [4.69, 9.17) is 28.2 Å². The van der Waals surface area contributed by atoms with E-state index in [2.05, 4.69) is 98.6 Å². The smallest absolute Gasteiger partial charge is 0.272 e. The Morgan fingerprint density at radius 1 is 0.940 bits per heavy atom. The zero-order valence-corrected chi connectivity index (χ0v) is 28.9. The van der Waals surface area contributed by atoms with Gasteiger partial charge in [-0.15, -0.1) is 0 Å².